The van der Waals surface area contributed by atoms with Gasteiger partial charge in [0.2, 0.25) is 11.1 Å². The molecule has 1 saturated heterocycles. The van der Waals surface area contributed by atoms with Gasteiger partial charge in [0.25, 0.3) is 17.7 Å². The summed E-state index contributed by atoms with van der Waals surface area (Å²) in [5, 5.41) is 14.4. The summed E-state index contributed by atoms with van der Waals surface area (Å²) in [6, 6.07) is 41.0. The third kappa shape index (κ3) is 9.37. The summed E-state index contributed by atoms with van der Waals surface area (Å²) < 4.78 is 14.0. The number of hydrogen-bond donors (Lipinski definition) is 1. The van der Waals surface area contributed by atoms with Crippen LogP contribution in [0, 0.1) is 0 Å². The van der Waals surface area contributed by atoms with Gasteiger partial charge in [-0.25, -0.2) is 14.3 Å². The molecule has 3 atom stereocenters. The van der Waals surface area contributed by atoms with Crippen molar-refractivity contribution in [1.82, 2.24) is 35.3 Å². The van der Waals surface area contributed by atoms with Crippen molar-refractivity contribution in [3.63, 3.8) is 0 Å². The van der Waals surface area contributed by atoms with Gasteiger partial charge in [-0.1, -0.05) is 145 Å². The van der Waals surface area contributed by atoms with Crippen LogP contribution in [0.5, 0.6) is 0 Å². The quantitative estimate of drug-likeness (QED) is 0.0456. The molecule has 338 valence electrons. The number of β-lactam (4-membered cyclic amide) rings is 1. The predicted octanol–water partition coefficient (Wildman–Crippen LogP) is 6.46. The minimum atomic E-state index is -1.37. The molecule has 5 aromatic carbocycles. The molecule has 1 aromatic heterocycles. The van der Waals surface area contributed by atoms with E-state index in [0.29, 0.717) is 27.6 Å². The van der Waals surface area contributed by atoms with Gasteiger partial charge in [0.15, 0.2) is 12.2 Å². The van der Waals surface area contributed by atoms with E-state index < -0.39 is 65.2 Å². The number of ether oxygens (including phenoxy) is 2. The largest absolute Gasteiger partial charge is 0.451 e. The summed E-state index contributed by atoms with van der Waals surface area (Å²) in [5.41, 5.74) is 3.96. The van der Waals surface area contributed by atoms with Gasteiger partial charge in [0, 0.05) is 25.0 Å². The molecule has 4 amide bonds. The molecule has 0 bridgehead atoms. The third-order valence-electron chi connectivity index (χ3n) is 11.7. The Morgan fingerprint density at radius 2 is 1.24 bits per heavy atom. The van der Waals surface area contributed by atoms with Gasteiger partial charge in [-0.3, -0.25) is 29.0 Å². The second kappa shape index (κ2) is 20.0. The van der Waals surface area contributed by atoms with Crippen molar-refractivity contribution in [2.45, 2.75) is 54.1 Å². The van der Waals surface area contributed by atoms with Crippen molar-refractivity contribution in [2.75, 3.05) is 11.5 Å². The number of aryl methyl sites for hydroxylation is 1. The van der Waals surface area contributed by atoms with E-state index in [9.17, 15) is 28.8 Å². The molecule has 3 aliphatic rings. The normalized spacial score (nSPS) is 17.0. The number of hydrogen-bond acceptors (Lipinski definition) is 13. The maximum absolute atomic E-state index is 14.5. The first-order chi connectivity index (χ1) is 32.7. The molecule has 67 heavy (non-hydrogen) atoms. The van der Waals surface area contributed by atoms with Gasteiger partial charge < -0.3 is 14.8 Å². The molecule has 9 rings (SSSR count). The SMILES string of the molecule is Cn1nnnc1SCC1=C(C(=O)OC(c2ccccc2)c2ccccc2)N2C(=O)[C@@H](NC(=O)CCC[C@H](C(=O)OC(c3ccccc3)c3ccccc3)N3C(=O)c4ccccc4C3=O)[C@H]2SC1. The van der Waals surface area contributed by atoms with Crippen LogP contribution in [0.2, 0.25) is 0 Å². The number of thioether (sulfide) groups is 2. The number of esters is 2. The molecule has 15 nitrogen and oxygen atoms in total. The molecule has 0 radical (unpaired) electrons. The average Bonchev–Trinajstić information content (AvgIpc) is 3.90. The van der Waals surface area contributed by atoms with Crippen LogP contribution in [-0.2, 0) is 35.7 Å². The number of carbonyl (C=O) groups excluding carboxylic acids is 6. The van der Waals surface area contributed by atoms with E-state index in [-0.39, 0.29) is 41.8 Å². The van der Waals surface area contributed by atoms with Crippen molar-refractivity contribution in [3.05, 3.63) is 190 Å². The summed E-state index contributed by atoms with van der Waals surface area (Å²) in [4.78, 5) is 86.5. The van der Waals surface area contributed by atoms with Crippen molar-refractivity contribution in [3.8, 4) is 0 Å². The molecule has 0 unspecified atom stereocenters. The minimum Gasteiger partial charge on any atom is -0.451 e. The van der Waals surface area contributed by atoms with Gasteiger partial charge >= 0.3 is 11.9 Å². The van der Waals surface area contributed by atoms with E-state index in [1.807, 2.05) is 121 Å². The maximum atomic E-state index is 14.5. The van der Waals surface area contributed by atoms with E-state index in [2.05, 4.69) is 20.8 Å². The Kier molecular flexibility index (Phi) is 13.4. The lowest BCUT2D eigenvalue weighted by molar-refractivity contribution is -0.154. The first kappa shape index (κ1) is 44.8. The highest BCUT2D eigenvalue weighted by Crippen LogP contribution is 2.43. The van der Waals surface area contributed by atoms with Crippen molar-refractivity contribution >= 4 is 59.1 Å². The summed E-state index contributed by atoms with van der Waals surface area (Å²) >= 11 is 2.72. The number of nitrogens with zero attached hydrogens (tertiary/aromatic N) is 6. The molecule has 1 N–H and O–H groups in total. The Morgan fingerprint density at radius 3 is 1.75 bits per heavy atom. The lowest BCUT2D eigenvalue weighted by Crippen LogP contribution is -2.70. The van der Waals surface area contributed by atoms with E-state index in [4.69, 9.17) is 9.47 Å². The van der Waals surface area contributed by atoms with Gasteiger partial charge in [-0.2, -0.15) is 0 Å². The van der Waals surface area contributed by atoms with Crippen LogP contribution >= 0.6 is 23.5 Å². The van der Waals surface area contributed by atoms with Crippen LogP contribution in [0.25, 0.3) is 0 Å². The number of fused-ring (bicyclic) bond motifs is 2. The van der Waals surface area contributed by atoms with Crippen LogP contribution in [-0.4, -0.2) is 94.5 Å². The zero-order valence-corrected chi connectivity index (χ0v) is 37.7. The number of nitrogens with one attached hydrogen (secondary N) is 1. The number of tetrazole rings is 1. The summed E-state index contributed by atoms with van der Waals surface area (Å²) in [5.74, 6) is -3.12. The fourth-order valence-corrected chi connectivity index (χ4v) is 10.7. The van der Waals surface area contributed by atoms with E-state index in [1.165, 1.54) is 45.2 Å². The third-order valence-corrected chi connectivity index (χ3v) is 14.1. The molecule has 4 heterocycles. The van der Waals surface area contributed by atoms with Crippen LogP contribution in [0.4, 0.5) is 0 Å². The smallest absolute Gasteiger partial charge is 0.356 e. The van der Waals surface area contributed by atoms with E-state index in [0.717, 1.165) is 16.0 Å². The molecule has 0 saturated carbocycles. The highest BCUT2D eigenvalue weighted by atomic mass is 32.2. The molecule has 0 spiro atoms. The van der Waals surface area contributed by atoms with Crippen LogP contribution in [0.3, 0.4) is 0 Å². The molecule has 1 fully saturated rings. The zero-order chi connectivity index (χ0) is 46.4. The minimum absolute atomic E-state index is 0.0545. The highest BCUT2D eigenvalue weighted by Gasteiger charge is 2.55. The predicted molar refractivity (Wildman–Crippen MR) is 248 cm³/mol. The highest BCUT2D eigenvalue weighted by molar-refractivity contribution is 8.01. The first-order valence-electron chi connectivity index (χ1n) is 21.6. The number of aromatic nitrogens is 4. The number of amides is 4. The monoisotopic (exact) mass is 933 g/mol. The molecule has 3 aliphatic heterocycles. The fraction of sp³-hybridized carbons (Fsp3) is 0.220. The van der Waals surface area contributed by atoms with E-state index in [1.54, 1.807) is 19.2 Å². The van der Waals surface area contributed by atoms with Gasteiger partial charge in [0.05, 0.1) is 11.1 Å². The lowest BCUT2D eigenvalue weighted by atomic mass is 10.0. The topological polar surface area (TPSA) is 183 Å². The van der Waals surface area contributed by atoms with Crippen molar-refractivity contribution in [1.29, 1.82) is 0 Å². The zero-order valence-electron chi connectivity index (χ0n) is 36.0. The lowest BCUT2D eigenvalue weighted by Gasteiger charge is -2.50. The number of rotatable bonds is 17. The molecule has 6 aromatic rings. The Hall–Kier alpha value is -7.37. The van der Waals surface area contributed by atoms with Crippen LogP contribution in [0.1, 0.15) is 74.4 Å². The van der Waals surface area contributed by atoms with Crippen LogP contribution in [0.15, 0.2) is 162 Å². The van der Waals surface area contributed by atoms with E-state index >= 15 is 0 Å². The Morgan fingerprint density at radius 1 is 0.731 bits per heavy atom. The standard InChI is InChI=1S/C50H43N7O8S2/c1-55-50(52-53-54-55)67-30-35-29-66-47-40(46(61)57(47)41(35)49(63)65-43(33-21-10-4-11-22-33)34-23-12-5-13-24-34)51-39(58)28-16-27-38(56-44(59)36-25-14-15-26-37(36)45(56)60)48(62)64-42(31-17-6-2-7-18-31)32-19-8-3-9-20-32/h2-15,17-26,38,40,42-43,47H,16,27-30H2,1H3,(H,51,58)/t38-,40-,47-/m1/s1. The van der Waals surface area contributed by atoms with Crippen LogP contribution < -0.4 is 5.32 Å². The number of carbonyl (C=O) groups is 6. The Bertz CT molecular complexity index is 2730. The second-order valence-corrected chi connectivity index (χ2v) is 18.0. The summed E-state index contributed by atoms with van der Waals surface area (Å²) in [6.07, 6.45) is -1.81. The number of imide groups is 1. The maximum Gasteiger partial charge on any atom is 0.356 e. The summed E-state index contributed by atoms with van der Waals surface area (Å²) in [7, 11) is 1.71. The van der Waals surface area contributed by atoms with Gasteiger partial charge in [0.1, 0.15) is 23.2 Å². The second-order valence-electron chi connectivity index (χ2n) is 16.0. The summed E-state index contributed by atoms with van der Waals surface area (Å²) in [6.45, 7) is 0. The molecular weight excluding hydrogens is 891 g/mol. The molecular formula is C50H43N7O8S2. The van der Waals surface area contributed by atoms with Gasteiger partial charge in [-0.05, 0) is 63.2 Å². The van der Waals surface area contributed by atoms with Gasteiger partial charge in [-0.15, -0.1) is 16.9 Å². The van der Waals surface area contributed by atoms with Crippen molar-refractivity contribution < 1.29 is 38.2 Å². The Balaban J connectivity index is 0.913. The first-order valence-corrected chi connectivity index (χ1v) is 23.6. The Labute approximate surface area is 393 Å². The molecule has 0 aliphatic carbocycles. The molecule has 17 heteroatoms. The average molecular weight is 934 g/mol. The fourth-order valence-electron chi connectivity index (χ4n) is 8.35. The number of benzene rings is 5. The van der Waals surface area contributed by atoms with Crippen molar-refractivity contribution in [2.24, 2.45) is 7.05 Å².